The third kappa shape index (κ3) is 26.3. The summed E-state index contributed by atoms with van der Waals surface area (Å²) < 4.78 is 0. The fourth-order valence-corrected chi connectivity index (χ4v) is 12.2. The third-order valence-corrected chi connectivity index (χ3v) is 15.6. The Labute approximate surface area is 410 Å². The summed E-state index contributed by atoms with van der Waals surface area (Å²) in [6.45, 7) is 9.21. The quantitative estimate of drug-likeness (QED) is 0.0418. The number of hydrogen-bond donors (Lipinski definition) is 0. The van der Waals surface area contributed by atoms with Gasteiger partial charge < -0.3 is 24.8 Å². The average Bonchev–Trinajstić information content (AvgIpc) is 4.06. The molecule has 0 unspecified atom stereocenters. The van der Waals surface area contributed by atoms with Crippen LogP contribution in [0.15, 0.2) is 109 Å². The van der Waals surface area contributed by atoms with Gasteiger partial charge in [-0.2, -0.15) is 24.3 Å². The summed E-state index contributed by atoms with van der Waals surface area (Å²) >= 11 is 0. The molecule has 0 N–H and O–H groups in total. The van der Waals surface area contributed by atoms with Gasteiger partial charge in [-0.05, 0) is 50.3 Å². The van der Waals surface area contributed by atoms with Crippen LogP contribution in [0.2, 0.25) is 0 Å². The van der Waals surface area contributed by atoms with Gasteiger partial charge in [-0.25, -0.2) is 24.3 Å². The van der Waals surface area contributed by atoms with Crippen molar-refractivity contribution in [2.24, 2.45) is 0 Å². The minimum atomic E-state index is 0. The fraction of sp³-hybridized carbons (Fsp3) is 0.500. The van der Waals surface area contributed by atoms with Gasteiger partial charge in [-0.1, -0.05) is 133 Å². The van der Waals surface area contributed by atoms with Crippen molar-refractivity contribution < 1.29 is 77.2 Å². The molecule has 0 heterocycles. The van der Waals surface area contributed by atoms with Crippen LogP contribution in [0, 0.1) is 12.2 Å². The second kappa shape index (κ2) is 40.9. The van der Waals surface area contributed by atoms with Gasteiger partial charge in [0.1, 0.15) is 0 Å². The summed E-state index contributed by atoms with van der Waals surface area (Å²) in [4.78, 5) is 0. The summed E-state index contributed by atoms with van der Waals surface area (Å²) in [6, 6.07) is 27.6. The van der Waals surface area contributed by atoms with Gasteiger partial charge in [0.05, 0.1) is 0 Å². The first-order valence-electron chi connectivity index (χ1n) is 21.9. The molecule has 0 spiro atoms. The Bertz CT molecular complexity index is 1390. The standard InChI is InChI=1S/2C21H32P.2C5H5.2ClH.2Zr/c2*1-3-5-7-11-15-22(16-12-8-6-4-2)21-17-19-13-9-10-14-20(19)18-21;2*1-2-4-5-3-1;;;;/h2*9-10,13-14,17-18H,3-8,11-12,15-16H2,1-2H3;2*1-3H,4H2;2*1H;;/q4*-1;;;2*+2/p-2. The largest absolute Gasteiger partial charge is 2.00 e. The van der Waals surface area contributed by atoms with Crippen molar-refractivity contribution in [3.8, 4) is 0 Å². The molecule has 0 aliphatic heterocycles. The van der Waals surface area contributed by atoms with Crippen molar-refractivity contribution in [1.82, 2.24) is 0 Å². The first-order chi connectivity index (χ1) is 26.7. The van der Waals surface area contributed by atoms with Gasteiger partial charge in [-0.3, -0.25) is 12.2 Å². The summed E-state index contributed by atoms with van der Waals surface area (Å²) in [5.74, 6) is 0. The molecule has 6 rings (SSSR count). The molecule has 58 heavy (non-hydrogen) atoms. The number of benzene rings is 2. The Morgan fingerprint density at radius 2 is 0.793 bits per heavy atom. The number of halogens is 2. The first-order valence-corrected chi connectivity index (χ1v) is 25.4. The van der Waals surface area contributed by atoms with Crippen molar-refractivity contribution in [2.45, 2.75) is 143 Å². The van der Waals surface area contributed by atoms with E-state index in [2.05, 4.69) is 125 Å². The summed E-state index contributed by atoms with van der Waals surface area (Å²) in [5.41, 5.74) is 0. The normalized spacial score (nSPS) is 11.8. The van der Waals surface area contributed by atoms with E-state index < -0.39 is 0 Å². The molecule has 2 aliphatic carbocycles. The molecule has 0 bridgehead atoms. The van der Waals surface area contributed by atoms with Crippen LogP contribution in [0.25, 0.3) is 21.5 Å². The minimum Gasteiger partial charge on any atom is -1.00 e. The van der Waals surface area contributed by atoms with Crippen molar-refractivity contribution >= 4 is 48.0 Å². The minimum absolute atomic E-state index is 0. The van der Waals surface area contributed by atoms with Crippen molar-refractivity contribution in [3.05, 3.63) is 121 Å². The van der Waals surface area contributed by atoms with E-state index in [0.717, 1.165) is 12.8 Å². The molecule has 6 heteroatoms. The van der Waals surface area contributed by atoms with Crippen LogP contribution < -0.4 is 35.4 Å². The second-order valence-electron chi connectivity index (χ2n) is 14.9. The zero-order valence-electron chi connectivity index (χ0n) is 36.6. The van der Waals surface area contributed by atoms with Crippen molar-refractivity contribution in [1.29, 1.82) is 0 Å². The predicted molar refractivity (Wildman–Crippen MR) is 251 cm³/mol. The molecule has 0 saturated heterocycles. The molecular weight excluding hydrogens is 940 g/mol. The molecule has 316 valence electrons. The molecule has 2 aliphatic rings. The number of unbranched alkanes of at least 4 members (excludes halogenated alkanes) is 12. The molecule has 0 aromatic heterocycles. The van der Waals surface area contributed by atoms with Crippen molar-refractivity contribution in [3.63, 3.8) is 0 Å². The molecule has 0 nitrogen and oxygen atoms in total. The number of fused-ring (bicyclic) bond motifs is 2. The van der Waals surface area contributed by atoms with Gasteiger partial charge in [0, 0.05) is 0 Å². The molecule has 4 aromatic carbocycles. The molecular formula is C52H74Cl2P2Zr2-2. The van der Waals surface area contributed by atoms with Crippen LogP contribution in [0.3, 0.4) is 0 Å². The number of rotatable bonds is 22. The Kier molecular flexibility index (Phi) is 42.2. The van der Waals surface area contributed by atoms with Gasteiger partial charge >= 0.3 is 52.4 Å². The topological polar surface area (TPSA) is 0 Å². The smallest absolute Gasteiger partial charge is 1.00 e. The summed E-state index contributed by atoms with van der Waals surface area (Å²) in [7, 11) is 0.128. The maximum atomic E-state index is 2.99. The van der Waals surface area contributed by atoms with E-state index in [0.29, 0.717) is 0 Å². The Morgan fingerprint density at radius 1 is 0.466 bits per heavy atom. The maximum absolute atomic E-state index is 2.99. The second-order valence-corrected chi connectivity index (χ2v) is 19.9. The van der Waals surface area contributed by atoms with Gasteiger partial charge in [0.2, 0.25) is 0 Å². The van der Waals surface area contributed by atoms with Crippen LogP contribution in [-0.4, -0.2) is 24.6 Å². The van der Waals surface area contributed by atoms with Crippen LogP contribution >= 0.6 is 15.8 Å². The predicted octanol–water partition coefficient (Wildman–Crippen LogP) is 10.3. The Morgan fingerprint density at radius 3 is 1.03 bits per heavy atom. The zero-order chi connectivity index (χ0) is 38.3. The molecule has 0 fully saturated rings. The summed E-state index contributed by atoms with van der Waals surface area (Å²) in [6.07, 6.45) is 48.1. The maximum Gasteiger partial charge on any atom is 2.00 e. The Balaban J connectivity index is 0. The fourth-order valence-electron chi connectivity index (χ4n) is 6.97. The van der Waals surface area contributed by atoms with Crippen LogP contribution in [0.5, 0.6) is 0 Å². The van der Waals surface area contributed by atoms with Gasteiger partial charge in [0.15, 0.2) is 0 Å². The molecule has 4 aromatic rings. The first kappa shape index (κ1) is 59.9. The van der Waals surface area contributed by atoms with Crippen LogP contribution in [0.1, 0.15) is 143 Å². The molecule has 0 radical (unpaired) electrons. The average molecular weight is 1010 g/mol. The van der Waals surface area contributed by atoms with Crippen molar-refractivity contribution in [2.75, 3.05) is 24.6 Å². The van der Waals surface area contributed by atoms with E-state index >= 15 is 0 Å². The molecule has 0 saturated carbocycles. The van der Waals surface area contributed by atoms with E-state index in [4.69, 9.17) is 0 Å². The van der Waals surface area contributed by atoms with E-state index in [1.807, 2.05) is 24.3 Å². The van der Waals surface area contributed by atoms with Gasteiger partial charge in [0.25, 0.3) is 0 Å². The van der Waals surface area contributed by atoms with E-state index in [-0.39, 0.29) is 93.1 Å². The van der Waals surface area contributed by atoms with Gasteiger partial charge in [-0.15, -0.1) is 93.5 Å². The SMILES string of the molecule is CCCCCCP(CCCCCC)c1cc2ccccc2[cH-]1.CCCCCCP(CCCCCC)c1cc2ccccc2[cH-]1.[C-]1=CC=CC1.[C-]1=CC=CC1.[Cl-].[Cl-].[Zr+2].[Zr+2]. The number of allylic oxidation sites excluding steroid dienone is 8. The third-order valence-electron chi connectivity index (χ3n) is 10.2. The summed E-state index contributed by atoms with van der Waals surface area (Å²) in [5, 5.41) is 9.06. The zero-order valence-corrected chi connectivity index (χ0v) is 44.8. The number of hydrogen-bond acceptors (Lipinski definition) is 0. The monoisotopic (exact) mass is 1010 g/mol. The molecule has 0 amide bonds. The van der Waals surface area contributed by atoms with E-state index in [1.165, 1.54) is 149 Å². The Hall–Kier alpha value is -0.174. The van der Waals surface area contributed by atoms with E-state index in [9.17, 15) is 0 Å². The van der Waals surface area contributed by atoms with Crippen LogP contribution in [0.4, 0.5) is 0 Å². The molecule has 0 atom stereocenters. The van der Waals surface area contributed by atoms with E-state index in [1.54, 1.807) is 10.6 Å². The van der Waals surface area contributed by atoms with Crippen LogP contribution in [-0.2, 0) is 52.4 Å².